The van der Waals surface area contributed by atoms with Crippen molar-refractivity contribution in [2.45, 2.75) is 46.2 Å². The van der Waals surface area contributed by atoms with Crippen LogP contribution in [0.5, 0.6) is 0 Å². The van der Waals surface area contributed by atoms with Gasteiger partial charge in [0.2, 0.25) is 0 Å². The molecule has 1 aromatic heterocycles. The van der Waals surface area contributed by atoms with Crippen LogP contribution in [0, 0.1) is 5.92 Å². The van der Waals surface area contributed by atoms with E-state index in [1.54, 1.807) is 11.1 Å². The van der Waals surface area contributed by atoms with Crippen LogP contribution in [0.4, 0.5) is 4.79 Å². The first-order valence-electron chi connectivity index (χ1n) is 7.08. The Hall–Kier alpha value is -2.05. The van der Waals surface area contributed by atoms with E-state index >= 15 is 0 Å². The number of carbonyl (C=O) groups excluding carboxylic acids is 1. The molecule has 1 atom stereocenters. The molecule has 0 spiro atoms. The van der Waals surface area contributed by atoms with Crippen LogP contribution in [0.1, 0.15) is 33.4 Å². The van der Waals surface area contributed by atoms with Crippen LogP contribution in [-0.4, -0.2) is 50.6 Å². The first kappa shape index (κ1) is 17.0. The minimum Gasteiger partial charge on any atom is -0.480 e. The topological polar surface area (TPSA) is 98.3 Å². The molecule has 0 aliphatic heterocycles. The largest absolute Gasteiger partial charge is 0.480 e. The first-order valence-corrected chi connectivity index (χ1v) is 7.08. The van der Waals surface area contributed by atoms with Crippen molar-refractivity contribution in [3.05, 3.63) is 18.2 Å². The lowest BCUT2D eigenvalue weighted by molar-refractivity contribution is -0.139. The van der Waals surface area contributed by atoms with E-state index < -0.39 is 12.0 Å². The van der Waals surface area contributed by atoms with Crippen LogP contribution in [0.25, 0.3) is 0 Å². The zero-order chi connectivity index (χ0) is 16.0. The van der Waals surface area contributed by atoms with E-state index in [1.165, 1.54) is 6.33 Å². The van der Waals surface area contributed by atoms with E-state index in [2.05, 4.69) is 15.3 Å². The molecule has 1 heterocycles. The number of amides is 2. The number of aliphatic carboxylic acids is 1. The Labute approximate surface area is 124 Å². The number of aromatic nitrogens is 2. The Morgan fingerprint density at radius 2 is 2.05 bits per heavy atom. The maximum atomic E-state index is 12.3. The fourth-order valence-electron chi connectivity index (χ4n) is 1.97. The summed E-state index contributed by atoms with van der Waals surface area (Å²) in [6.45, 7) is 8.43. The van der Waals surface area contributed by atoms with Gasteiger partial charge in [-0.2, -0.15) is 0 Å². The number of aromatic amines is 1. The van der Waals surface area contributed by atoms with Gasteiger partial charge >= 0.3 is 12.0 Å². The van der Waals surface area contributed by atoms with Crippen LogP contribution >= 0.6 is 0 Å². The molecule has 0 bridgehead atoms. The summed E-state index contributed by atoms with van der Waals surface area (Å²) in [5, 5.41) is 11.8. The van der Waals surface area contributed by atoms with Crippen molar-refractivity contribution in [1.29, 1.82) is 0 Å². The fraction of sp³-hybridized carbons (Fsp3) is 0.643. The SMILES string of the molecule is CC(C)CN(C(=O)N[C@@H](Cc1cnc[nH]1)C(=O)O)C(C)C. The molecule has 1 aromatic rings. The van der Waals surface area contributed by atoms with Crippen LogP contribution in [0.15, 0.2) is 12.5 Å². The molecule has 118 valence electrons. The molecule has 7 heteroatoms. The highest BCUT2D eigenvalue weighted by atomic mass is 16.4. The predicted octanol–water partition coefficient (Wildman–Crippen LogP) is 1.48. The second kappa shape index (κ2) is 7.66. The number of carboxylic acids is 1. The average molecular weight is 296 g/mol. The van der Waals surface area contributed by atoms with Crippen molar-refractivity contribution in [3.8, 4) is 0 Å². The number of nitrogens with one attached hydrogen (secondary N) is 2. The van der Waals surface area contributed by atoms with Crippen LogP contribution < -0.4 is 5.32 Å². The monoisotopic (exact) mass is 296 g/mol. The molecule has 0 saturated heterocycles. The van der Waals surface area contributed by atoms with Gasteiger partial charge in [-0.15, -0.1) is 0 Å². The smallest absolute Gasteiger partial charge is 0.326 e. The van der Waals surface area contributed by atoms with E-state index in [1.807, 2.05) is 27.7 Å². The summed E-state index contributed by atoms with van der Waals surface area (Å²) in [6, 6.07) is -1.33. The van der Waals surface area contributed by atoms with E-state index in [-0.39, 0.29) is 18.5 Å². The Morgan fingerprint density at radius 3 is 2.48 bits per heavy atom. The standard InChI is InChI=1S/C14H24N4O3/c1-9(2)7-18(10(3)4)14(21)17-12(13(19)20)5-11-6-15-8-16-11/h6,8-10,12H,5,7H2,1-4H3,(H,15,16)(H,17,21)(H,19,20)/t12-/m0/s1. The van der Waals surface area contributed by atoms with Crippen molar-refractivity contribution >= 4 is 12.0 Å². The second-order valence-electron chi connectivity index (χ2n) is 5.76. The maximum Gasteiger partial charge on any atom is 0.326 e. The highest BCUT2D eigenvalue weighted by Crippen LogP contribution is 2.06. The number of rotatable bonds is 7. The van der Waals surface area contributed by atoms with Gasteiger partial charge in [-0.3, -0.25) is 0 Å². The van der Waals surface area contributed by atoms with Crippen molar-refractivity contribution in [2.24, 2.45) is 5.92 Å². The lowest BCUT2D eigenvalue weighted by Crippen LogP contribution is -2.51. The van der Waals surface area contributed by atoms with E-state index in [9.17, 15) is 14.7 Å². The lowest BCUT2D eigenvalue weighted by Gasteiger charge is -2.30. The van der Waals surface area contributed by atoms with Gasteiger partial charge in [0, 0.05) is 30.9 Å². The van der Waals surface area contributed by atoms with Gasteiger partial charge in [-0.1, -0.05) is 13.8 Å². The highest BCUT2D eigenvalue weighted by molar-refractivity contribution is 5.82. The number of urea groups is 1. The van der Waals surface area contributed by atoms with Gasteiger partial charge in [0.05, 0.1) is 6.33 Å². The number of imidazole rings is 1. The van der Waals surface area contributed by atoms with Crippen molar-refractivity contribution in [2.75, 3.05) is 6.54 Å². The fourth-order valence-corrected chi connectivity index (χ4v) is 1.97. The summed E-state index contributed by atoms with van der Waals surface area (Å²) in [5.74, 6) is -0.750. The molecule has 0 fully saturated rings. The molecule has 1 rings (SSSR count). The van der Waals surface area contributed by atoms with Crippen molar-refractivity contribution < 1.29 is 14.7 Å². The van der Waals surface area contributed by atoms with Crippen LogP contribution in [-0.2, 0) is 11.2 Å². The molecule has 21 heavy (non-hydrogen) atoms. The highest BCUT2D eigenvalue weighted by Gasteiger charge is 2.25. The van der Waals surface area contributed by atoms with Crippen LogP contribution in [0.2, 0.25) is 0 Å². The zero-order valence-corrected chi connectivity index (χ0v) is 13.0. The summed E-state index contributed by atoms with van der Waals surface area (Å²) in [6.07, 6.45) is 3.21. The van der Waals surface area contributed by atoms with E-state index in [4.69, 9.17) is 0 Å². The summed E-state index contributed by atoms with van der Waals surface area (Å²) in [4.78, 5) is 31.9. The molecular weight excluding hydrogens is 272 g/mol. The molecule has 2 amide bonds. The van der Waals surface area contributed by atoms with Crippen molar-refractivity contribution in [1.82, 2.24) is 20.2 Å². The Balaban J connectivity index is 2.72. The second-order valence-corrected chi connectivity index (χ2v) is 5.76. The Bertz CT molecular complexity index is 457. The Morgan fingerprint density at radius 1 is 1.38 bits per heavy atom. The molecule has 0 unspecified atom stereocenters. The summed E-state index contributed by atoms with van der Waals surface area (Å²) in [5.41, 5.74) is 0.669. The number of hydrogen-bond acceptors (Lipinski definition) is 3. The molecule has 7 nitrogen and oxygen atoms in total. The van der Waals surface area contributed by atoms with Gasteiger partial charge in [0.15, 0.2) is 0 Å². The third kappa shape index (κ3) is 5.45. The molecule has 3 N–H and O–H groups in total. The first-order chi connectivity index (χ1) is 9.81. The number of hydrogen-bond donors (Lipinski definition) is 3. The van der Waals surface area contributed by atoms with Gasteiger partial charge in [0.1, 0.15) is 6.04 Å². The number of nitrogens with zero attached hydrogens (tertiary/aromatic N) is 2. The maximum absolute atomic E-state index is 12.3. The minimum atomic E-state index is -1.06. The Kier molecular flexibility index (Phi) is 6.20. The molecule has 0 aliphatic rings. The van der Waals surface area contributed by atoms with Gasteiger partial charge in [0.25, 0.3) is 0 Å². The normalized spacial score (nSPS) is 12.5. The number of H-pyrrole nitrogens is 1. The molecule has 0 radical (unpaired) electrons. The van der Waals surface area contributed by atoms with E-state index in [0.717, 1.165) is 0 Å². The lowest BCUT2D eigenvalue weighted by atomic mass is 10.1. The summed E-state index contributed by atoms with van der Waals surface area (Å²) < 4.78 is 0. The van der Waals surface area contributed by atoms with Crippen LogP contribution in [0.3, 0.4) is 0 Å². The summed E-state index contributed by atoms with van der Waals surface area (Å²) >= 11 is 0. The third-order valence-electron chi connectivity index (χ3n) is 3.02. The number of carboxylic acid groups (broad SMARTS) is 1. The predicted molar refractivity (Wildman–Crippen MR) is 78.9 cm³/mol. The number of carbonyl (C=O) groups is 2. The quantitative estimate of drug-likeness (QED) is 0.709. The molecule has 0 saturated carbocycles. The molecule has 0 aliphatic carbocycles. The van der Waals surface area contributed by atoms with Gasteiger partial charge < -0.3 is 20.3 Å². The summed E-state index contributed by atoms with van der Waals surface area (Å²) in [7, 11) is 0. The molecule has 0 aromatic carbocycles. The van der Waals surface area contributed by atoms with Crippen molar-refractivity contribution in [3.63, 3.8) is 0 Å². The molecular formula is C14H24N4O3. The van der Waals surface area contributed by atoms with Gasteiger partial charge in [-0.25, -0.2) is 14.6 Å². The zero-order valence-electron chi connectivity index (χ0n) is 13.0. The minimum absolute atomic E-state index is 0.00833. The average Bonchev–Trinajstić information content (AvgIpc) is 2.87. The van der Waals surface area contributed by atoms with E-state index in [0.29, 0.717) is 18.2 Å². The third-order valence-corrected chi connectivity index (χ3v) is 3.02. The van der Waals surface area contributed by atoms with Gasteiger partial charge in [-0.05, 0) is 19.8 Å².